The van der Waals surface area contributed by atoms with Crippen molar-refractivity contribution in [1.29, 1.82) is 0 Å². The molecule has 0 spiro atoms. The Bertz CT molecular complexity index is 3080. The molecule has 0 atom stereocenters. The molecule has 1 aromatic heterocycles. The van der Waals surface area contributed by atoms with Gasteiger partial charge in [0.1, 0.15) is 0 Å². The van der Waals surface area contributed by atoms with Crippen molar-refractivity contribution in [2.75, 3.05) is 9.80 Å². The lowest BCUT2D eigenvalue weighted by molar-refractivity contribution is 1.18. The van der Waals surface area contributed by atoms with Gasteiger partial charge in [-0.2, -0.15) is 0 Å². The van der Waals surface area contributed by atoms with Gasteiger partial charge in [0.25, 0.3) is 0 Å². The van der Waals surface area contributed by atoms with Gasteiger partial charge >= 0.3 is 0 Å². The zero-order valence-electron chi connectivity index (χ0n) is 33.9. The molecule has 0 aliphatic carbocycles. The van der Waals surface area contributed by atoms with Crippen LogP contribution in [0.2, 0.25) is 0 Å². The summed E-state index contributed by atoms with van der Waals surface area (Å²) in [5.41, 5.74) is 8.73. The number of benzene rings is 9. The van der Waals surface area contributed by atoms with E-state index in [2.05, 4.69) is 100 Å². The summed E-state index contributed by atoms with van der Waals surface area (Å²) >= 11 is 0. The van der Waals surface area contributed by atoms with Gasteiger partial charge in [-0.05, 0) is 101 Å². The Morgan fingerprint density at radius 2 is 0.873 bits per heavy atom. The van der Waals surface area contributed by atoms with Gasteiger partial charge in [-0.3, -0.25) is 0 Å². The van der Waals surface area contributed by atoms with Crippen LogP contribution in [0.15, 0.2) is 224 Å². The molecule has 10 aromatic rings. The van der Waals surface area contributed by atoms with Gasteiger partial charge in [0.05, 0.1) is 22.2 Å². The molecular formula is C52H37N3. The normalized spacial score (nSPS) is 12.3. The van der Waals surface area contributed by atoms with E-state index in [0.29, 0.717) is 5.56 Å². The number of anilines is 6. The van der Waals surface area contributed by atoms with Gasteiger partial charge in [-0.1, -0.05) is 139 Å². The van der Waals surface area contributed by atoms with Gasteiger partial charge in [-0.25, -0.2) is 0 Å². The monoisotopic (exact) mass is 707 g/mol. The number of rotatable bonds is 8. The predicted molar refractivity (Wildman–Crippen MR) is 233 cm³/mol. The number of aromatic nitrogens is 1. The van der Waals surface area contributed by atoms with Gasteiger partial charge in [-0.15, -0.1) is 0 Å². The molecular weight excluding hydrogens is 667 g/mol. The van der Waals surface area contributed by atoms with Crippen molar-refractivity contribution in [1.82, 2.24) is 4.57 Å². The largest absolute Gasteiger partial charge is 0.311 e. The Hall–Kier alpha value is -7.36. The van der Waals surface area contributed by atoms with Gasteiger partial charge in [0, 0.05) is 50.3 Å². The maximum atomic E-state index is 9.50. The maximum absolute atomic E-state index is 9.50. The van der Waals surface area contributed by atoms with Gasteiger partial charge in [0.2, 0.25) is 0 Å². The fourth-order valence-corrected chi connectivity index (χ4v) is 7.78. The third-order valence-corrected chi connectivity index (χ3v) is 10.2. The molecule has 55 heavy (non-hydrogen) atoms. The molecule has 0 fully saturated rings. The van der Waals surface area contributed by atoms with Crippen LogP contribution in [0.25, 0.3) is 49.4 Å². The highest BCUT2D eigenvalue weighted by Gasteiger charge is 2.20. The van der Waals surface area contributed by atoms with Crippen LogP contribution >= 0.6 is 0 Å². The van der Waals surface area contributed by atoms with Crippen molar-refractivity contribution in [2.45, 2.75) is 0 Å². The van der Waals surface area contributed by atoms with Crippen LogP contribution < -0.4 is 9.80 Å². The first-order valence-electron chi connectivity index (χ1n) is 20.5. The minimum atomic E-state index is -0.116. The summed E-state index contributed by atoms with van der Waals surface area (Å²) < 4.78 is 40.2. The third kappa shape index (κ3) is 5.80. The summed E-state index contributed by atoms with van der Waals surface area (Å²) in [5, 5.41) is 4.07. The van der Waals surface area contributed by atoms with Crippen molar-refractivity contribution in [2.24, 2.45) is 0 Å². The van der Waals surface area contributed by atoms with Crippen LogP contribution in [0, 0.1) is 0 Å². The molecule has 0 unspecified atom stereocenters. The molecule has 3 nitrogen and oxygen atoms in total. The van der Waals surface area contributed by atoms with Crippen LogP contribution in [0.3, 0.4) is 0 Å². The Morgan fingerprint density at radius 1 is 0.345 bits per heavy atom. The molecule has 0 aliphatic heterocycles. The van der Waals surface area contributed by atoms with Crippen molar-refractivity contribution in [3.63, 3.8) is 0 Å². The van der Waals surface area contributed by atoms with Gasteiger partial charge in [0.15, 0.2) is 0 Å². The second kappa shape index (κ2) is 13.9. The summed E-state index contributed by atoms with van der Waals surface area (Å²) in [5.74, 6) is 0. The molecule has 260 valence electrons. The predicted octanol–water partition coefficient (Wildman–Crippen LogP) is 14.5. The summed E-state index contributed by atoms with van der Waals surface area (Å²) in [7, 11) is 0. The molecule has 0 N–H and O–H groups in total. The molecule has 3 heteroatoms. The fourth-order valence-electron chi connectivity index (χ4n) is 7.78. The smallest absolute Gasteiger partial charge is 0.0645 e. The first-order chi connectivity index (χ1) is 29.0. The van der Waals surface area contributed by atoms with Gasteiger partial charge < -0.3 is 14.4 Å². The quantitative estimate of drug-likeness (QED) is 0.156. The SMILES string of the molecule is [2H]c1c([2H])c(N(c2ccccc2)c2ccccc2)c([2H])c([2H])c1-c1cccc2c(N(c3ccccc3)c3ccc4c5ccccc5n(-c5ccccc5)c4c3)cccc12. The minimum absolute atomic E-state index is 0.102. The Labute approximate surface area is 326 Å². The zero-order valence-corrected chi connectivity index (χ0v) is 29.9. The van der Waals surface area contributed by atoms with Crippen molar-refractivity contribution in [3.8, 4) is 16.8 Å². The molecule has 0 saturated heterocycles. The summed E-state index contributed by atoms with van der Waals surface area (Å²) in [6.07, 6.45) is 0. The molecule has 0 saturated carbocycles. The van der Waals surface area contributed by atoms with E-state index in [1.165, 1.54) is 5.39 Å². The second-order valence-corrected chi connectivity index (χ2v) is 13.5. The van der Waals surface area contributed by atoms with Crippen molar-refractivity contribution >= 4 is 66.7 Å². The minimum Gasteiger partial charge on any atom is -0.311 e. The number of hydrogen-bond donors (Lipinski definition) is 0. The summed E-state index contributed by atoms with van der Waals surface area (Å²) in [6.45, 7) is 0. The van der Waals surface area contributed by atoms with Crippen LogP contribution in [-0.2, 0) is 0 Å². The number of para-hydroxylation sites is 5. The van der Waals surface area contributed by atoms with Crippen molar-refractivity contribution in [3.05, 3.63) is 224 Å². The van der Waals surface area contributed by atoms with E-state index in [9.17, 15) is 5.48 Å². The van der Waals surface area contributed by atoms with E-state index in [-0.39, 0.29) is 35.4 Å². The van der Waals surface area contributed by atoms with E-state index in [1.54, 1.807) is 4.90 Å². The molecule has 0 bridgehead atoms. The Kier molecular flexibility index (Phi) is 7.12. The Morgan fingerprint density at radius 3 is 1.55 bits per heavy atom. The number of hydrogen-bond acceptors (Lipinski definition) is 2. The fraction of sp³-hybridized carbons (Fsp3) is 0. The molecule has 0 amide bonds. The molecule has 10 rings (SSSR count). The van der Waals surface area contributed by atoms with Crippen LogP contribution in [0.4, 0.5) is 34.1 Å². The highest BCUT2D eigenvalue weighted by Crippen LogP contribution is 2.44. The lowest BCUT2D eigenvalue weighted by Crippen LogP contribution is -2.10. The first-order valence-corrected chi connectivity index (χ1v) is 18.5. The average molecular weight is 708 g/mol. The van der Waals surface area contributed by atoms with E-state index >= 15 is 0 Å². The number of fused-ring (bicyclic) bond motifs is 4. The average Bonchev–Trinajstić information content (AvgIpc) is 3.62. The van der Waals surface area contributed by atoms with E-state index < -0.39 is 0 Å². The summed E-state index contributed by atoms with van der Waals surface area (Å²) in [4.78, 5) is 4.06. The zero-order chi connectivity index (χ0) is 40.0. The standard InChI is InChI=1S/C52H37N3/c1-5-17-39(18-6-1)53(40-19-7-2-8-20-40)43-33-31-38(32-34-43)45-26-15-28-47-46(45)27-16-30-50(47)54(41-21-9-3-10-22-41)44-35-36-49-48-25-13-14-29-51(48)55(52(49)37-44)42-23-11-4-12-24-42/h1-37H/i31D,32D,33D,34D. The molecule has 0 radical (unpaired) electrons. The molecule has 1 heterocycles. The lowest BCUT2D eigenvalue weighted by atomic mass is 9.96. The topological polar surface area (TPSA) is 11.4 Å². The lowest BCUT2D eigenvalue weighted by Gasteiger charge is -2.27. The number of nitrogens with zero attached hydrogens (tertiary/aromatic N) is 3. The maximum Gasteiger partial charge on any atom is 0.0645 e. The van der Waals surface area contributed by atoms with E-state index in [1.807, 2.05) is 109 Å². The van der Waals surface area contributed by atoms with Crippen LogP contribution in [-0.4, -0.2) is 4.57 Å². The third-order valence-electron chi connectivity index (χ3n) is 10.2. The first kappa shape index (κ1) is 28.2. The second-order valence-electron chi connectivity index (χ2n) is 13.5. The highest BCUT2D eigenvalue weighted by atomic mass is 15.1. The molecule has 0 aliphatic rings. The van der Waals surface area contributed by atoms with Crippen LogP contribution in [0.1, 0.15) is 5.48 Å². The highest BCUT2D eigenvalue weighted by molar-refractivity contribution is 6.11. The Balaban J connectivity index is 1.17. The van der Waals surface area contributed by atoms with Crippen molar-refractivity contribution < 1.29 is 5.48 Å². The molecule has 9 aromatic carbocycles. The van der Waals surface area contributed by atoms with E-state index in [0.717, 1.165) is 61.3 Å². The summed E-state index contributed by atoms with van der Waals surface area (Å²) in [6, 6.07) is 66.6. The van der Waals surface area contributed by atoms with Crippen LogP contribution in [0.5, 0.6) is 0 Å². The van der Waals surface area contributed by atoms with E-state index in [4.69, 9.17) is 0 Å².